The SMILES string of the molecule is CCCc1cc(NC[C@H](c2cccnc2)N2CCOCC2)n2nccc2n1. The lowest BCUT2D eigenvalue weighted by Gasteiger charge is -2.35. The van der Waals surface area contributed by atoms with Crippen molar-refractivity contribution in [3.8, 4) is 0 Å². The Balaban J connectivity index is 1.58. The fourth-order valence-electron chi connectivity index (χ4n) is 3.60. The van der Waals surface area contributed by atoms with E-state index in [4.69, 9.17) is 4.74 Å². The summed E-state index contributed by atoms with van der Waals surface area (Å²) in [6.07, 6.45) is 7.61. The molecule has 0 spiro atoms. The Morgan fingerprint density at radius 2 is 2.11 bits per heavy atom. The summed E-state index contributed by atoms with van der Waals surface area (Å²) in [5.41, 5.74) is 3.19. The molecule has 0 aromatic carbocycles. The fourth-order valence-corrected chi connectivity index (χ4v) is 3.60. The van der Waals surface area contributed by atoms with Crippen molar-refractivity contribution in [1.82, 2.24) is 24.5 Å². The van der Waals surface area contributed by atoms with Gasteiger partial charge in [0.25, 0.3) is 0 Å². The van der Waals surface area contributed by atoms with Gasteiger partial charge < -0.3 is 10.1 Å². The van der Waals surface area contributed by atoms with E-state index < -0.39 is 0 Å². The highest BCUT2D eigenvalue weighted by Gasteiger charge is 2.23. The minimum Gasteiger partial charge on any atom is -0.379 e. The molecule has 3 aromatic heterocycles. The Morgan fingerprint density at radius 3 is 2.89 bits per heavy atom. The molecular weight excluding hydrogens is 340 g/mol. The molecule has 1 saturated heterocycles. The topological polar surface area (TPSA) is 67.6 Å². The van der Waals surface area contributed by atoms with Gasteiger partial charge in [-0.05, 0) is 18.1 Å². The zero-order chi connectivity index (χ0) is 18.5. The van der Waals surface area contributed by atoms with E-state index in [0.717, 1.165) is 62.8 Å². The maximum atomic E-state index is 5.54. The highest BCUT2D eigenvalue weighted by molar-refractivity contribution is 5.49. The van der Waals surface area contributed by atoms with E-state index in [0.29, 0.717) is 0 Å². The molecule has 0 amide bonds. The molecule has 0 unspecified atom stereocenters. The lowest BCUT2D eigenvalue weighted by Crippen LogP contribution is -2.41. The number of hydrogen-bond donors (Lipinski definition) is 1. The molecular formula is C20H26N6O. The van der Waals surface area contributed by atoms with Crippen LogP contribution in [0.3, 0.4) is 0 Å². The Labute approximate surface area is 159 Å². The molecule has 0 bridgehead atoms. The van der Waals surface area contributed by atoms with Gasteiger partial charge in [0.05, 0.1) is 25.5 Å². The molecule has 1 aliphatic rings. The number of aryl methyl sites for hydroxylation is 1. The van der Waals surface area contributed by atoms with Gasteiger partial charge >= 0.3 is 0 Å². The number of rotatable bonds is 7. The van der Waals surface area contributed by atoms with E-state index in [-0.39, 0.29) is 6.04 Å². The largest absolute Gasteiger partial charge is 0.379 e. The van der Waals surface area contributed by atoms with Crippen LogP contribution in [0.1, 0.15) is 30.6 Å². The standard InChI is InChI=1S/C20H26N6O/c1-2-4-17-13-20(26-19(24-17)6-8-23-26)22-15-18(16-5-3-7-21-14-16)25-9-11-27-12-10-25/h3,5-8,13-14,18,22H,2,4,9-12,15H2,1H3/t18-/m1/s1. The second-order valence-corrected chi connectivity index (χ2v) is 6.82. The number of fused-ring (bicyclic) bond motifs is 1. The summed E-state index contributed by atoms with van der Waals surface area (Å²) in [5.74, 6) is 0.982. The van der Waals surface area contributed by atoms with E-state index in [2.05, 4.69) is 44.3 Å². The molecule has 3 aromatic rings. The average molecular weight is 366 g/mol. The third-order valence-electron chi connectivity index (χ3n) is 4.95. The number of morpholine rings is 1. The van der Waals surface area contributed by atoms with Crippen LogP contribution in [0.5, 0.6) is 0 Å². The summed E-state index contributed by atoms with van der Waals surface area (Å²) >= 11 is 0. The van der Waals surface area contributed by atoms with Crippen LogP contribution in [-0.2, 0) is 11.2 Å². The van der Waals surface area contributed by atoms with Crippen molar-refractivity contribution in [2.45, 2.75) is 25.8 Å². The van der Waals surface area contributed by atoms with Crippen molar-refractivity contribution in [3.05, 3.63) is 54.1 Å². The molecule has 1 aliphatic heterocycles. The number of pyridine rings is 1. The predicted octanol–water partition coefficient (Wildman–Crippen LogP) is 2.56. The first kappa shape index (κ1) is 17.9. The summed E-state index contributed by atoms with van der Waals surface area (Å²) in [5, 5.41) is 8.05. The number of nitrogens with one attached hydrogen (secondary N) is 1. The van der Waals surface area contributed by atoms with E-state index in [1.165, 1.54) is 5.56 Å². The zero-order valence-corrected chi connectivity index (χ0v) is 15.7. The quantitative estimate of drug-likeness (QED) is 0.693. The summed E-state index contributed by atoms with van der Waals surface area (Å²) in [4.78, 5) is 11.5. The minimum atomic E-state index is 0.232. The van der Waals surface area contributed by atoms with E-state index >= 15 is 0 Å². The van der Waals surface area contributed by atoms with Gasteiger partial charge in [-0.25, -0.2) is 4.98 Å². The van der Waals surface area contributed by atoms with Gasteiger partial charge in [-0.2, -0.15) is 9.61 Å². The van der Waals surface area contributed by atoms with Crippen LogP contribution in [-0.4, -0.2) is 57.3 Å². The van der Waals surface area contributed by atoms with Crippen molar-refractivity contribution >= 4 is 11.5 Å². The van der Waals surface area contributed by atoms with Gasteiger partial charge in [0.1, 0.15) is 5.82 Å². The first-order valence-corrected chi connectivity index (χ1v) is 9.64. The molecule has 1 atom stereocenters. The zero-order valence-electron chi connectivity index (χ0n) is 15.7. The lowest BCUT2D eigenvalue weighted by molar-refractivity contribution is 0.0186. The smallest absolute Gasteiger partial charge is 0.157 e. The molecule has 1 fully saturated rings. The van der Waals surface area contributed by atoms with Crippen LogP contribution >= 0.6 is 0 Å². The fraction of sp³-hybridized carbons (Fsp3) is 0.450. The number of aromatic nitrogens is 4. The highest BCUT2D eigenvalue weighted by atomic mass is 16.5. The van der Waals surface area contributed by atoms with Crippen LogP contribution in [0, 0.1) is 0 Å². The first-order chi connectivity index (χ1) is 13.3. The summed E-state index contributed by atoms with van der Waals surface area (Å²) in [6.45, 7) is 6.35. The third kappa shape index (κ3) is 4.09. The van der Waals surface area contributed by atoms with E-state index in [1.807, 2.05) is 29.0 Å². The van der Waals surface area contributed by atoms with Gasteiger partial charge in [-0.1, -0.05) is 19.4 Å². The molecule has 0 radical (unpaired) electrons. The predicted molar refractivity (Wildman–Crippen MR) is 105 cm³/mol. The van der Waals surface area contributed by atoms with E-state index in [1.54, 1.807) is 6.20 Å². The Kier molecular flexibility index (Phi) is 5.60. The first-order valence-electron chi connectivity index (χ1n) is 9.64. The Hall–Kier alpha value is -2.51. The van der Waals surface area contributed by atoms with Gasteiger partial charge in [0.2, 0.25) is 0 Å². The molecule has 27 heavy (non-hydrogen) atoms. The van der Waals surface area contributed by atoms with Crippen LogP contribution in [0.4, 0.5) is 5.82 Å². The van der Waals surface area contributed by atoms with Crippen molar-refractivity contribution in [2.24, 2.45) is 0 Å². The second-order valence-electron chi connectivity index (χ2n) is 6.82. The van der Waals surface area contributed by atoms with Gasteiger partial charge in [-0.3, -0.25) is 9.88 Å². The highest BCUT2D eigenvalue weighted by Crippen LogP contribution is 2.23. The molecule has 7 heteroatoms. The van der Waals surface area contributed by atoms with E-state index in [9.17, 15) is 0 Å². The maximum absolute atomic E-state index is 5.54. The number of nitrogens with zero attached hydrogens (tertiary/aromatic N) is 5. The summed E-state index contributed by atoms with van der Waals surface area (Å²) < 4.78 is 7.41. The van der Waals surface area contributed by atoms with Crippen molar-refractivity contribution in [2.75, 3.05) is 38.2 Å². The second kappa shape index (κ2) is 8.45. The maximum Gasteiger partial charge on any atom is 0.157 e. The van der Waals surface area contributed by atoms with Gasteiger partial charge in [0, 0.05) is 49.9 Å². The minimum absolute atomic E-state index is 0.232. The van der Waals surface area contributed by atoms with Crippen LogP contribution in [0.15, 0.2) is 42.9 Å². The van der Waals surface area contributed by atoms with Crippen LogP contribution < -0.4 is 5.32 Å². The Morgan fingerprint density at radius 1 is 1.22 bits per heavy atom. The molecule has 142 valence electrons. The number of ether oxygens (including phenoxy) is 1. The molecule has 4 rings (SSSR count). The lowest BCUT2D eigenvalue weighted by atomic mass is 10.1. The van der Waals surface area contributed by atoms with Crippen LogP contribution in [0.2, 0.25) is 0 Å². The molecule has 4 heterocycles. The molecule has 0 aliphatic carbocycles. The van der Waals surface area contributed by atoms with Crippen LogP contribution in [0.25, 0.3) is 5.65 Å². The molecule has 7 nitrogen and oxygen atoms in total. The number of hydrogen-bond acceptors (Lipinski definition) is 6. The van der Waals surface area contributed by atoms with Crippen molar-refractivity contribution in [1.29, 1.82) is 0 Å². The molecule has 0 saturated carbocycles. The van der Waals surface area contributed by atoms with Crippen molar-refractivity contribution in [3.63, 3.8) is 0 Å². The van der Waals surface area contributed by atoms with Crippen molar-refractivity contribution < 1.29 is 4.74 Å². The normalized spacial score (nSPS) is 16.5. The van der Waals surface area contributed by atoms with Gasteiger partial charge in [0.15, 0.2) is 5.65 Å². The number of anilines is 1. The third-order valence-corrected chi connectivity index (χ3v) is 4.95. The molecule has 1 N–H and O–H groups in total. The monoisotopic (exact) mass is 366 g/mol. The summed E-state index contributed by atoms with van der Waals surface area (Å²) in [6, 6.07) is 8.44. The summed E-state index contributed by atoms with van der Waals surface area (Å²) in [7, 11) is 0. The Bertz CT molecular complexity index is 859. The average Bonchev–Trinajstić information content (AvgIpc) is 3.19. The van der Waals surface area contributed by atoms with Gasteiger partial charge in [-0.15, -0.1) is 0 Å².